The molecule has 2 aromatic carbocycles. The Kier molecular flexibility index (Phi) is 5.24. The Hall–Kier alpha value is -2.04. The molecule has 27 heavy (non-hydrogen) atoms. The maximum Gasteiger partial charge on any atom is 0.227 e. The highest BCUT2D eigenvalue weighted by atomic mass is 35.5. The van der Waals surface area contributed by atoms with E-state index < -0.39 is 6.04 Å². The monoisotopic (exact) mass is 406 g/mol. The van der Waals surface area contributed by atoms with Crippen LogP contribution in [0.2, 0.25) is 5.02 Å². The van der Waals surface area contributed by atoms with Gasteiger partial charge in [0, 0.05) is 29.5 Å². The molecule has 3 nitrogen and oxygen atoms in total. The topological polar surface area (TPSA) is 46.2 Å². The molecule has 1 heterocycles. The highest BCUT2D eigenvalue weighted by molar-refractivity contribution is 6.31. The number of aliphatic hydroxyl groups excluding tert-OH is 1. The summed E-state index contributed by atoms with van der Waals surface area (Å²) in [6.07, 6.45) is 1.29. The molecule has 2 aromatic rings. The lowest BCUT2D eigenvalue weighted by Crippen LogP contribution is -3.00. The Morgan fingerprint density at radius 2 is 1.89 bits per heavy atom. The molecule has 0 aromatic heterocycles. The third-order valence-corrected chi connectivity index (χ3v) is 5.36. The number of hydrogen-bond acceptors (Lipinski definition) is 2. The van der Waals surface area contributed by atoms with Gasteiger partial charge in [0.2, 0.25) is 5.69 Å². The van der Waals surface area contributed by atoms with Gasteiger partial charge < -0.3 is 22.8 Å². The predicted octanol–water partition coefficient (Wildman–Crippen LogP) is 1.44. The van der Waals surface area contributed by atoms with E-state index in [0.717, 1.165) is 23.5 Å². The van der Waals surface area contributed by atoms with Crippen molar-refractivity contribution in [2.45, 2.75) is 32.7 Å². The van der Waals surface area contributed by atoms with E-state index in [2.05, 4.69) is 24.2 Å². The Morgan fingerprint density at radius 1 is 1.15 bits per heavy atom. The largest absolute Gasteiger partial charge is 1.00 e. The van der Waals surface area contributed by atoms with Crippen molar-refractivity contribution in [2.75, 3.05) is 5.32 Å². The van der Waals surface area contributed by atoms with Crippen LogP contribution in [0.3, 0.4) is 0 Å². The third-order valence-electron chi connectivity index (χ3n) is 5.03. The maximum absolute atomic E-state index is 14.7. The van der Waals surface area contributed by atoms with E-state index in [-0.39, 0.29) is 29.4 Å². The van der Waals surface area contributed by atoms with Crippen molar-refractivity contribution in [1.29, 1.82) is 0 Å². The summed E-state index contributed by atoms with van der Waals surface area (Å²) in [7, 11) is 0. The van der Waals surface area contributed by atoms with Gasteiger partial charge >= 0.3 is 0 Å². The van der Waals surface area contributed by atoms with Crippen LogP contribution in [0.15, 0.2) is 53.8 Å². The second-order valence-corrected chi connectivity index (χ2v) is 8.15. The summed E-state index contributed by atoms with van der Waals surface area (Å²) >= 11 is 6.36. The van der Waals surface area contributed by atoms with Crippen LogP contribution in [0.5, 0.6) is 0 Å². The van der Waals surface area contributed by atoms with E-state index in [1.165, 1.54) is 6.07 Å². The molecule has 0 fully saturated rings. The summed E-state index contributed by atoms with van der Waals surface area (Å²) in [5.74, 6) is -0.118. The van der Waals surface area contributed by atoms with Crippen molar-refractivity contribution in [2.24, 2.45) is 5.41 Å². The Balaban J connectivity index is 0.00000210. The summed E-state index contributed by atoms with van der Waals surface area (Å²) in [6.45, 7) is 4.23. The van der Waals surface area contributed by atoms with Crippen LogP contribution in [0.4, 0.5) is 15.8 Å². The van der Waals surface area contributed by atoms with Crippen LogP contribution in [0.1, 0.15) is 38.3 Å². The third kappa shape index (κ3) is 3.56. The molecule has 0 saturated heterocycles. The zero-order chi connectivity index (χ0) is 18.5. The van der Waals surface area contributed by atoms with Gasteiger partial charge in [-0.25, -0.2) is 9.38 Å². The molecule has 1 aliphatic heterocycles. The second-order valence-electron chi connectivity index (χ2n) is 7.74. The number of allylic oxidation sites excluding steroid dienone is 1. The van der Waals surface area contributed by atoms with Gasteiger partial charge in [0.05, 0.1) is 11.6 Å². The van der Waals surface area contributed by atoms with E-state index >= 15 is 0 Å². The summed E-state index contributed by atoms with van der Waals surface area (Å²) in [5, 5.41) is 14.6. The van der Waals surface area contributed by atoms with Gasteiger partial charge in [-0.1, -0.05) is 43.6 Å². The Bertz CT molecular complexity index is 933. The quantitative estimate of drug-likeness (QED) is 0.670. The van der Waals surface area contributed by atoms with Gasteiger partial charge in [0.15, 0.2) is 5.71 Å². The van der Waals surface area contributed by atoms with E-state index in [1.54, 1.807) is 12.1 Å². The summed E-state index contributed by atoms with van der Waals surface area (Å²) in [4.78, 5) is 3.46. The SMILES string of the molecule is CC1(C)CC2=[NH+]c3ccccc3NC(c3c(F)cccc3Cl)C2=C(O)C1.[Cl-]. The average molecular weight is 407 g/mol. The first kappa shape index (κ1) is 19.7. The molecule has 0 saturated carbocycles. The number of nitrogens with one attached hydrogen (secondary N) is 2. The van der Waals surface area contributed by atoms with Gasteiger partial charge in [0.1, 0.15) is 17.3 Å². The minimum absolute atomic E-state index is 0. The molecule has 142 valence electrons. The fraction of sp³-hybridized carbons (Fsp3) is 0.286. The number of para-hydroxylation sites is 2. The standard InChI is InChI=1S/C21H20ClFN2O.ClH/c1-21(2)10-16-19(17(26)11-21)20(18-12(22)6-5-7-13(18)23)25-15-9-4-3-8-14(15)24-16;/h3-9,20,25-26H,10-11H2,1-2H3;1H. The Morgan fingerprint density at radius 3 is 2.63 bits per heavy atom. The molecule has 1 unspecified atom stereocenters. The molecular formula is C21H21Cl2FN2O. The van der Waals surface area contributed by atoms with Crippen molar-refractivity contribution < 1.29 is 26.9 Å². The zero-order valence-corrected chi connectivity index (χ0v) is 16.6. The molecule has 6 heteroatoms. The molecule has 1 atom stereocenters. The van der Waals surface area contributed by atoms with E-state index in [0.29, 0.717) is 22.6 Å². The molecule has 4 rings (SSSR count). The Labute approximate surface area is 169 Å². The lowest BCUT2D eigenvalue weighted by Gasteiger charge is -2.32. The minimum atomic E-state index is -0.564. The van der Waals surface area contributed by atoms with Crippen LogP contribution >= 0.6 is 11.6 Å². The molecule has 0 radical (unpaired) electrons. The van der Waals surface area contributed by atoms with Gasteiger partial charge in [-0.3, -0.25) is 0 Å². The lowest BCUT2D eigenvalue weighted by molar-refractivity contribution is -0.354. The average Bonchev–Trinajstić information content (AvgIpc) is 2.70. The summed E-state index contributed by atoms with van der Waals surface area (Å²) in [5.41, 5.74) is 3.61. The maximum atomic E-state index is 14.7. The molecule has 0 bridgehead atoms. The van der Waals surface area contributed by atoms with Crippen molar-refractivity contribution >= 4 is 28.7 Å². The van der Waals surface area contributed by atoms with Crippen LogP contribution < -0.4 is 22.7 Å². The zero-order valence-electron chi connectivity index (χ0n) is 15.1. The highest BCUT2D eigenvalue weighted by Gasteiger charge is 2.42. The van der Waals surface area contributed by atoms with Crippen LogP contribution in [-0.4, -0.2) is 10.8 Å². The molecule has 0 spiro atoms. The van der Waals surface area contributed by atoms with Crippen LogP contribution in [0, 0.1) is 11.2 Å². The van der Waals surface area contributed by atoms with E-state index in [4.69, 9.17) is 11.6 Å². The molecule has 2 aliphatic rings. The first-order valence-corrected chi connectivity index (χ1v) is 9.08. The molecular weight excluding hydrogens is 386 g/mol. The number of fused-ring (bicyclic) bond motifs is 2. The fourth-order valence-electron chi connectivity index (χ4n) is 3.92. The van der Waals surface area contributed by atoms with Gasteiger partial charge in [0.25, 0.3) is 0 Å². The number of benzene rings is 2. The van der Waals surface area contributed by atoms with Crippen molar-refractivity contribution in [3.8, 4) is 0 Å². The van der Waals surface area contributed by atoms with Gasteiger partial charge in [-0.2, -0.15) is 0 Å². The van der Waals surface area contributed by atoms with Crippen molar-refractivity contribution in [1.82, 2.24) is 0 Å². The fourth-order valence-corrected chi connectivity index (χ4v) is 4.19. The normalized spacial score (nSPS) is 20.4. The summed E-state index contributed by atoms with van der Waals surface area (Å²) < 4.78 is 14.7. The number of anilines is 1. The second kappa shape index (κ2) is 7.17. The summed E-state index contributed by atoms with van der Waals surface area (Å²) in [6, 6.07) is 11.9. The van der Waals surface area contributed by atoms with E-state index in [9.17, 15) is 9.50 Å². The molecule has 1 aliphatic carbocycles. The first-order valence-electron chi connectivity index (χ1n) is 8.70. The lowest BCUT2D eigenvalue weighted by atomic mass is 9.74. The number of halogens is 3. The van der Waals surface area contributed by atoms with Gasteiger partial charge in [-0.05, 0) is 23.6 Å². The van der Waals surface area contributed by atoms with Crippen molar-refractivity contribution in [3.05, 3.63) is 70.2 Å². The molecule has 0 amide bonds. The predicted molar refractivity (Wildman–Crippen MR) is 103 cm³/mol. The van der Waals surface area contributed by atoms with Crippen LogP contribution in [-0.2, 0) is 0 Å². The number of aliphatic hydroxyl groups is 1. The van der Waals surface area contributed by atoms with Gasteiger partial charge in [-0.15, -0.1) is 0 Å². The van der Waals surface area contributed by atoms with Crippen LogP contribution in [0.25, 0.3) is 0 Å². The number of rotatable bonds is 1. The minimum Gasteiger partial charge on any atom is -1.00 e. The molecule has 3 N–H and O–H groups in total. The van der Waals surface area contributed by atoms with Crippen molar-refractivity contribution in [3.63, 3.8) is 0 Å². The first-order chi connectivity index (χ1) is 12.4. The van der Waals surface area contributed by atoms with E-state index in [1.807, 2.05) is 24.3 Å². The smallest absolute Gasteiger partial charge is 0.227 e. The number of hydrogen-bond donors (Lipinski definition) is 3. The highest BCUT2D eigenvalue weighted by Crippen LogP contribution is 2.43.